The highest BCUT2D eigenvalue weighted by atomic mass is 35.5. The smallest absolute Gasteiger partial charge is 0.264 e. The Kier molecular flexibility index (Phi) is 8.49. The summed E-state index contributed by atoms with van der Waals surface area (Å²) in [6.07, 6.45) is 13.7. The Labute approximate surface area is 255 Å². The summed E-state index contributed by atoms with van der Waals surface area (Å²) in [6.45, 7) is 3.29. The van der Waals surface area contributed by atoms with Gasteiger partial charge in [0.25, 0.3) is 10.0 Å². The molecule has 2 aliphatic heterocycles. The highest BCUT2D eigenvalue weighted by Gasteiger charge is 2.37. The standard InChI is InChI=1S/C28H32Cl2N8O3S/c29-22-8-7-20(16-23(22)30)42(40,41)38-14-10-31-28(39)26(38)15-19-18-37(35-34-19)25-6-4-5-24-21(25)17-32-27(33-24)9-13-36-11-2-1-3-12-36/h7-8,10,14,16-18,25-26H,1-6,9,11-13,15H2,(H,31,39)/t25-,26-/m1/s1. The molecule has 3 aliphatic rings. The fourth-order valence-corrected chi connectivity index (χ4v) is 7.70. The number of rotatable bonds is 8. The number of hydrogen-bond acceptors (Lipinski definition) is 8. The Balaban J connectivity index is 1.18. The van der Waals surface area contributed by atoms with Crippen LogP contribution in [0.3, 0.4) is 0 Å². The first-order chi connectivity index (χ1) is 20.3. The molecule has 0 saturated carbocycles. The van der Waals surface area contributed by atoms with E-state index >= 15 is 0 Å². The van der Waals surface area contributed by atoms with Crippen molar-refractivity contribution in [1.29, 1.82) is 0 Å². The van der Waals surface area contributed by atoms with E-state index < -0.39 is 22.0 Å². The van der Waals surface area contributed by atoms with Crippen molar-refractivity contribution in [1.82, 2.24) is 39.5 Å². The lowest BCUT2D eigenvalue weighted by Gasteiger charge is -2.31. The van der Waals surface area contributed by atoms with E-state index in [9.17, 15) is 13.2 Å². The van der Waals surface area contributed by atoms with Gasteiger partial charge in [-0.2, -0.15) is 0 Å². The van der Waals surface area contributed by atoms with Gasteiger partial charge in [0, 0.05) is 55.4 Å². The molecule has 222 valence electrons. The largest absolute Gasteiger partial charge is 0.329 e. The van der Waals surface area contributed by atoms with E-state index in [1.54, 1.807) is 10.9 Å². The molecule has 2 atom stereocenters. The van der Waals surface area contributed by atoms with Gasteiger partial charge in [-0.25, -0.2) is 23.1 Å². The van der Waals surface area contributed by atoms with E-state index in [1.807, 2.05) is 6.20 Å². The molecule has 0 radical (unpaired) electrons. The molecule has 0 spiro atoms. The summed E-state index contributed by atoms with van der Waals surface area (Å²) in [6, 6.07) is 2.90. The second-order valence-corrected chi connectivity index (χ2v) is 13.6. The number of carbonyl (C=O) groups is 1. The third kappa shape index (κ3) is 6.03. The SMILES string of the molecule is O=C1NC=CN(S(=O)(=O)c2ccc(Cl)c(Cl)c2)[C@@H]1Cc1cn([C@@H]2CCCc3nc(CCN4CCCCC4)ncc32)nn1. The summed E-state index contributed by atoms with van der Waals surface area (Å²) >= 11 is 12.1. The maximum Gasteiger partial charge on any atom is 0.264 e. The zero-order valence-electron chi connectivity index (χ0n) is 23.0. The maximum absolute atomic E-state index is 13.5. The van der Waals surface area contributed by atoms with E-state index in [1.165, 1.54) is 49.9 Å². The van der Waals surface area contributed by atoms with Gasteiger partial charge in [-0.05, 0) is 63.4 Å². The number of aromatic nitrogens is 5. The molecule has 6 rings (SSSR count). The highest BCUT2D eigenvalue weighted by molar-refractivity contribution is 7.89. The second kappa shape index (κ2) is 12.3. The van der Waals surface area contributed by atoms with Crippen molar-refractivity contribution in [2.45, 2.75) is 68.3 Å². The number of halogens is 2. The molecular weight excluding hydrogens is 599 g/mol. The molecule has 1 fully saturated rings. The monoisotopic (exact) mass is 630 g/mol. The van der Waals surface area contributed by atoms with Crippen LogP contribution in [-0.4, -0.2) is 74.2 Å². The molecule has 1 amide bonds. The lowest BCUT2D eigenvalue weighted by Crippen LogP contribution is -2.50. The molecule has 0 unspecified atom stereocenters. The summed E-state index contributed by atoms with van der Waals surface area (Å²) in [5.41, 5.74) is 2.57. The van der Waals surface area contributed by atoms with E-state index in [-0.39, 0.29) is 27.4 Å². The van der Waals surface area contributed by atoms with Crippen LogP contribution in [0.1, 0.15) is 60.9 Å². The van der Waals surface area contributed by atoms with E-state index in [2.05, 4.69) is 25.5 Å². The third-order valence-corrected chi connectivity index (χ3v) is 10.6. The van der Waals surface area contributed by atoms with Crippen LogP contribution in [0.25, 0.3) is 0 Å². The Morgan fingerprint density at radius 3 is 2.71 bits per heavy atom. The van der Waals surface area contributed by atoms with Crippen LogP contribution in [0.15, 0.2) is 47.9 Å². The van der Waals surface area contributed by atoms with Gasteiger partial charge in [-0.3, -0.25) is 9.10 Å². The molecule has 11 nitrogen and oxygen atoms in total. The van der Waals surface area contributed by atoms with Gasteiger partial charge in [0.2, 0.25) is 5.91 Å². The Morgan fingerprint density at radius 1 is 1.07 bits per heavy atom. The quantitative estimate of drug-likeness (QED) is 0.401. The first-order valence-corrected chi connectivity index (χ1v) is 16.4. The summed E-state index contributed by atoms with van der Waals surface area (Å²) in [5, 5.41) is 11.6. The number of aryl methyl sites for hydroxylation is 1. The molecule has 42 heavy (non-hydrogen) atoms. The zero-order chi connectivity index (χ0) is 29.3. The zero-order valence-corrected chi connectivity index (χ0v) is 25.3. The first-order valence-electron chi connectivity index (χ1n) is 14.2. The first kappa shape index (κ1) is 29.0. The Morgan fingerprint density at radius 2 is 1.90 bits per heavy atom. The lowest BCUT2D eigenvalue weighted by molar-refractivity contribution is -0.124. The lowest BCUT2D eigenvalue weighted by atomic mass is 9.92. The van der Waals surface area contributed by atoms with E-state index in [0.717, 1.165) is 66.7 Å². The minimum atomic E-state index is -4.11. The molecule has 14 heteroatoms. The number of hydrogen-bond donors (Lipinski definition) is 1. The predicted molar refractivity (Wildman–Crippen MR) is 157 cm³/mol. The number of nitrogens with one attached hydrogen (secondary N) is 1. The van der Waals surface area contributed by atoms with Gasteiger partial charge in [-0.15, -0.1) is 5.10 Å². The number of likely N-dealkylation sites (tertiary alicyclic amines) is 1. The summed E-state index contributed by atoms with van der Waals surface area (Å²) < 4.78 is 29.8. The van der Waals surface area contributed by atoms with Crippen LogP contribution >= 0.6 is 23.2 Å². The number of nitrogens with zero attached hydrogens (tertiary/aromatic N) is 7. The maximum atomic E-state index is 13.5. The van der Waals surface area contributed by atoms with Crippen molar-refractivity contribution in [3.05, 3.63) is 75.8 Å². The average molecular weight is 632 g/mol. The minimum Gasteiger partial charge on any atom is -0.329 e. The van der Waals surface area contributed by atoms with Crippen molar-refractivity contribution in [2.75, 3.05) is 19.6 Å². The van der Waals surface area contributed by atoms with Crippen LogP contribution in [0.2, 0.25) is 10.0 Å². The fourth-order valence-electron chi connectivity index (χ4n) is 5.86. The van der Waals surface area contributed by atoms with Crippen LogP contribution < -0.4 is 5.32 Å². The molecule has 4 heterocycles. The second-order valence-electron chi connectivity index (χ2n) is 10.9. The number of sulfonamides is 1. The van der Waals surface area contributed by atoms with Crippen LogP contribution in [-0.2, 0) is 34.1 Å². The number of benzene rings is 1. The van der Waals surface area contributed by atoms with Crippen molar-refractivity contribution in [2.24, 2.45) is 0 Å². The van der Waals surface area contributed by atoms with Crippen molar-refractivity contribution in [3.63, 3.8) is 0 Å². The predicted octanol–water partition coefficient (Wildman–Crippen LogP) is 3.53. The fraction of sp³-hybridized carbons (Fsp3) is 0.464. The minimum absolute atomic E-state index is 0.0300. The van der Waals surface area contributed by atoms with Crippen molar-refractivity contribution in [3.8, 4) is 0 Å². The van der Waals surface area contributed by atoms with E-state index in [4.69, 9.17) is 28.2 Å². The summed E-state index contributed by atoms with van der Waals surface area (Å²) in [4.78, 5) is 24.9. The van der Waals surface area contributed by atoms with E-state index in [0.29, 0.717) is 5.69 Å². The topological polar surface area (TPSA) is 126 Å². The molecule has 1 aromatic carbocycles. The number of amides is 1. The van der Waals surface area contributed by atoms with Gasteiger partial charge >= 0.3 is 0 Å². The van der Waals surface area contributed by atoms with Crippen molar-refractivity contribution >= 4 is 39.1 Å². The highest BCUT2D eigenvalue weighted by Crippen LogP contribution is 2.32. The van der Waals surface area contributed by atoms with Crippen molar-refractivity contribution < 1.29 is 13.2 Å². The molecule has 2 aromatic heterocycles. The molecule has 0 bridgehead atoms. The van der Waals surface area contributed by atoms with Gasteiger partial charge in [0.15, 0.2) is 0 Å². The Hall–Kier alpha value is -3.06. The number of carbonyl (C=O) groups excluding carboxylic acids is 1. The van der Waals surface area contributed by atoms with Crippen LogP contribution in [0.5, 0.6) is 0 Å². The summed E-state index contributed by atoms with van der Waals surface area (Å²) in [5.74, 6) is 0.406. The average Bonchev–Trinajstić information content (AvgIpc) is 3.47. The van der Waals surface area contributed by atoms with Crippen LogP contribution in [0, 0.1) is 0 Å². The number of fused-ring (bicyclic) bond motifs is 1. The van der Waals surface area contributed by atoms with Gasteiger partial charge < -0.3 is 10.2 Å². The number of piperidine rings is 1. The van der Waals surface area contributed by atoms with Crippen LogP contribution in [0.4, 0.5) is 0 Å². The van der Waals surface area contributed by atoms with Gasteiger partial charge in [0.05, 0.1) is 26.7 Å². The molecule has 1 aliphatic carbocycles. The molecule has 1 N–H and O–H groups in total. The molecule has 1 saturated heterocycles. The Bertz CT molecular complexity index is 1610. The molecule has 3 aromatic rings. The summed E-state index contributed by atoms with van der Waals surface area (Å²) in [7, 11) is -4.11. The molecular formula is C28H32Cl2N8O3S. The van der Waals surface area contributed by atoms with Gasteiger partial charge in [0.1, 0.15) is 11.9 Å². The third-order valence-electron chi connectivity index (χ3n) is 8.10. The normalized spacial score (nSPS) is 21.3. The van der Waals surface area contributed by atoms with Gasteiger partial charge in [-0.1, -0.05) is 34.8 Å².